The predicted octanol–water partition coefficient (Wildman–Crippen LogP) is 4.10. The molecule has 4 rings (SSSR count). The Bertz CT molecular complexity index is 1080. The van der Waals surface area contributed by atoms with Gasteiger partial charge in [0.1, 0.15) is 12.3 Å². The normalized spacial score (nSPS) is 13.2. The molecule has 1 aromatic heterocycles. The lowest BCUT2D eigenvalue weighted by Gasteiger charge is -2.16. The van der Waals surface area contributed by atoms with Crippen molar-refractivity contribution >= 4 is 44.9 Å². The Kier molecular flexibility index (Phi) is 4.91. The zero-order chi connectivity index (χ0) is 19.8. The average Bonchev–Trinajstić information content (AvgIpc) is 3.20. The number of rotatable bonds is 5. The van der Waals surface area contributed by atoms with Crippen LogP contribution in [-0.2, 0) is 17.9 Å². The van der Waals surface area contributed by atoms with Crippen molar-refractivity contribution in [3.05, 3.63) is 68.8 Å². The molecule has 2 aromatic carbocycles. The quantitative estimate of drug-likeness (QED) is 0.531. The second-order valence-corrected chi connectivity index (χ2v) is 7.52. The van der Waals surface area contributed by atoms with Crippen LogP contribution < -0.4 is 9.64 Å². The van der Waals surface area contributed by atoms with Gasteiger partial charge in [-0.25, -0.2) is 0 Å². The minimum Gasteiger partial charge on any atom is -0.484 e. The first-order valence-corrected chi connectivity index (χ1v) is 9.45. The maximum atomic E-state index is 12.4. The van der Waals surface area contributed by atoms with Crippen LogP contribution in [0.4, 0.5) is 5.69 Å². The van der Waals surface area contributed by atoms with Crippen molar-refractivity contribution in [3.63, 3.8) is 0 Å². The van der Waals surface area contributed by atoms with Gasteiger partial charge in [-0.15, -0.1) is 10.2 Å². The summed E-state index contributed by atoms with van der Waals surface area (Å²) in [5.41, 5.74) is 1.73. The van der Waals surface area contributed by atoms with Gasteiger partial charge < -0.3 is 9.15 Å². The summed E-state index contributed by atoms with van der Waals surface area (Å²) in [5.74, 6) is -0.0835. The van der Waals surface area contributed by atoms with Crippen LogP contribution in [-0.4, -0.2) is 21.9 Å². The highest BCUT2D eigenvalue weighted by molar-refractivity contribution is 9.10. The average molecular weight is 463 g/mol. The molecular formula is C19H13BrClN3O4. The van der Waals surface area contributed by atoms with Crippen molar-refractivity contribution in [3.8, 4) is 5.75 Å². The second-order valence-electron chi connectivity index (χ2n) is 6.17. The van der Waals surface area contributed by atoms with E-state index in [9.17, 15) is 9.59 Å². The van der Waals surface area contributed by atoms with Crippen molar-refractivity contribution in [2.24, 2.45) is 0 Å². The van der Waals surface area contributed by atoms with Crippen LogP contribution in [0.25, 0.3) is 0 Å². The van der Waals surface area contributed by atoms with E-state index in [0.29, 0.717) is 22.0 Å². The molecule has 1 aliphatic rings. The van der Waals surface area contributed by atoms with Gasteiger partial charge in [0.2, 0.25) is 5.89 Å². The van der Waals surface area contributed by atoms with Crippen molar-refractivity contribution < 1.29 is 18.7 Å². The molecule has 7 nitrogen and oxygen atoms in total. The lowest BCUT2D eigenvalue weighted by Crippen LogP contribution is -2.29. The molecule has 0 bridgehead atoms. The lowest BCUT2D eigenvalue weighted by atomic mass is 10.1. The molecule has 0 N–H and O–H groups in total. The van der Waals surface area contributed by atoms with Crippen molar-refractivity contribution in [2.75, 3.05) is 4.90 Å². The number of anilines is 1. The summed E-state index contributed by atoms with van der Waals surface area (Å²) >= 11 is 9.19. The summed E-state index contributed by atoms with van der Waals surface area (Å²) < 4.78 is 11.9. The lowest BCUT2D eigenvalue weighted by molar-refractivity contribution is -0.114. The molecule has 0 radical (unpaired) electrons. The molecule has 1 aliphatic heterocycles. The van der Waals surface area contributed by atoms with Crippen molar-refractivity contribution in [1.82, 2.24) is 10.2 Å². The number of hydrogen-bond acceptors (Lipinski definition) is 6. The zero-order valence-corrected chi connectivity index (χ0v) is 17.0. The van der Waals surface area contributed by atoms with Gasteiger partial charge in [-0.05, 0) is 48.9 Å². The molecule has 0 saturated heterocycles. The van der Waals surface area contributed by atoms with Crippen LogP contribution in [0.2, 0.25) is 5.02 Å². The summed E-state index contributed by atoms with van der Waals surface area (Å²) in [6.07, 6.45) is 0. The van der Waals surface area contributed by atoms with Crippen molar-refractivity contribution in [1.29, 1.82) is 0 Å². The molecule has 0 fully saturated rings. The molecule has 2 heterocycles. The number of ketones is 1. The summed E-state index contributed by atoms with van der Waals surface area (Å²) in [4.78, 5) is 26.1. The SMILES string of the molecule is Cc1cc(Br)cc2c1N(Cc1nnc(COc3ccc(Cl)cc3)o1)C(=O)C2=O. The maximum Gasteiger partial charge on any atom is 0.299 e. The first-order valence-electron chi connectivity index (χ1n) is 8.28. The molecule has 0 spiro atoms. The van der Waals surface area contributed by atoms with Crippen LogP contribution >= 0.6 is 27.5 Å². The third-order valence-electron chi connectivity index (χ3n) is 4.20. The van der Waals surface area contributed by atoms with Crippen molar-refractivity contribution in [2.45, 2.75) is 20.1 Å². The van der Waals surface area contributed by atoms with E-state index in [-0.39, 0.29) is 24.9 Å². The number of carbonyl (C=O) groups is 2. The number of nitrogens with zero attached hydrogens (tertiary/aromatic N) is 3. The first kappa shape index (κ1) is 18.6. The van der Waals surface area contributed by atoms with Gasteiger partial charge in [0, 0.05) is 9.50 Å². The smallest absolute Gasteiger partial charge is 0.299 e. The molecule has 3 aromatic rings. The van der Waals surface area contributed by atoms with Crippen LogP contribution in [0.15, 0.2) is 45.3 Å². The Morgan fingerprint density at radius 1 is 1.14 bits per heavy atom. The number of fused-ring (bicyclic) bond motifs is 1. The molecular weight excluding hydrogens is 450 g/mol. The van der Waals surface area contributed by atoms with Gasteiger partial charge in [-0.2, -0.15) is 0 Å². The predicted molar refractivity (Wildman–Crippen MR) is 104 cm³/mol. The number of halogens is 2. The van der Waals surface area contributed by atoms with E-state index in [0.717, 1.165) is 10.0 Å². The Labute approximate surface area is 173 Å². The highest BCUT2D eigenvalue weighted by Gasteiger charge is 2.38. The fraction of sp³-hybridized carbons (Fsp3) is 0.158. The minimum atomic E-state index is -0.617. The second kappa shape index (κ2) is 7.37. The number of carbonyl (C=O) groups excluding carboxylic acids is 2. The third-order valence-corrected chi connectivity index (χ3v) is 4.91. The third kappa shape index (κ3) is 3.53. The molecule has 0 saturated carbocycles. The molecule has 1 amide bonds. The van der Waals surface area contributed by atoms with E-state index in [1.165, 1.54) is 4.90 Å². The first-order chi connectivity index (χ1) is 13.4. The van der Waals surface area contributed by atoms with Crippen LogP contribution in [0.3, 0.4) is 0 Å². The number of amides is 1. The number of aryl methyl sites for hydroxylation is 1. The Balaban J connectivity index is 1.49. The number of Topliss-reactive ketones (excluding diaryl/α,β-unsaturated/α-hetero) is 1. The van der Waals surface area contributed by atoms with Gasteiger partial charge in [0.15, 0.2) is 6.61 Å². The molecule has 28 heavy (non-hydrogen) atoms. The molecule has 0 atom stereocenters. The molecule has 142 valence electrons. The highest BCUT2D eigenvalue weighted by Crippen LogP contribution is 2.35. The van der Waals surface area contributed by atoms with Gasteiger partial charge >= 0.3 is 0 Å². The fourth-order valence-corrected chi connectivity index (χ4v) is 3.68. The Hall–Kier alpha value is -2.71. The monoisotopic (exact) mass is 461 g/mol. The Morgan fingerprint density at radius 2 is 1.86 bits per heavy atom. The van der Waals surface area contributed by atoms with E-state index in [4.69, 9.17) is 20.8 Å². The number of aromatic nitrogens is 2. The van der Waals surface area contributed by atoms with E-state index >= 15 is 0 Å². The van der Waals surface area contributed by atoms with Gasteiger partial charge in [-0.3, -0.25) is 14.5 Å². The Morgan fingerprint density at radius 3 is 2.61 bits per heavy atom. The van der Waals surface area contributed by atoms with Crippen LogP contribution in [0.5, 0.6) is 5.75 Å². The van der Waals surface area contributed by atoms with Gasteiger partial charge in [-0.1, -0.05) is 27.5 Å². The van der Waals surface area contributed by atoms with Crippen LogP contribution in [0.1, 0.15) is 27.7 Å². The van der Waals surface area contributed by atoms with E-state index in [2.05, 4.69) is 26.1 Å². The largest absolute Gasteiger partial charge is 0.484 e. The van der Waals surface area contributed by atoms with Gasteiger partial charge in [0.05, 0.1) is 11.3 Å². The number of ether oxygens (including phenoxy) is 1. The highest BCUT2D eigenvalue weighted by atomic mass is 79.9. The van der Waals surface area contributed by atoms with Crippen LogP contribution in [0, 0.1) is 6.92 Å². The molecule has 0 aliphatic carbocycles. The fourth-order valence-electron chi connectivity index (χ4n) is 2.98. The standard InChI is InChI=1S/C19H13BrClN3O4/c1-10-6-11(20)7-14-17(10)24(19(26)18(14)25)8-15-22-23-16(28-15)9-27-13-4-2-12(21)3-5-13/h2-7H,8-9H2,1H3. The van der Waals surface area contributed by atoms with E-state index < -0.39 is 11.7 Å². The van der Waals surface area contributed by atoms with Gasteiger partial charge in [0.25, 0.3) is 17.6 Å². The molecule has 9 heteroatoms. The number of hydrogen-bond donors (Lipinski definition) is 0. The molecule has 0 unspecified atom stereocenters. The summed E-state index contributed by atoms with van der Waals surface area (Å²) in [7, 11) is 0. The summed E-state index contributed by atoms with van der Waals surface area (Å²) in [6.45, 7) is 1.92. The zero-order valence-electron chi connectivity index (χ0n) is 14.6. The number of benzene rings is 2. The summed E-state index contributed by atoms with van der Waals surface area (Å²) in [6, 6.07) is 10.4. The maximum absolute atomic E-state index is 12.4. The van der Waals surface area contributed by atoms with E-state index in [1.54, 1.807) is 30.3 Å². The topological polar surface area (TPSA) is 85.5 Å². The summed E-state index contributed by atoms with van der Waals surface area (Å²) in [5, 5.41) is 8.49. The minimum absolute atomic E-state index is 0.00793. The van der Waals surface area contributed by atoms with E-state index in [1.807, 2.05) is 13.0 Å².